The Morgan fingerprint density at radius 1 is 1.26 bits per heavy atom. The Morgan fingerprint density at radius 2 is 1.87 bits per heavy atom. The van der Waals surface area contributed by atoms with Gasteiger partial charge in [0.1, 0.15) is 5.60 Å². The molecule has 2 heterocycles. The summed E-state index contributed by atoms with van der Waals surface area (Å²) in [5.74, 6) is 0. The van der Waals surface area contributed by atoms with E-state index >= 15 is 0 Å². The molecule has 1 fully saturated rings. The molecule has 1 saturated heterocycles. The first-order chi connectivity index (χ1) is 10.6. The predicted molar refractivity (Wildman–Crippen MR) is 85.1 cm³/mol. The van der Waals surface area contributed by atoms with E-state index in [2.05, 4.69) is 10.2 Å². The molecule has 1 amide bonds. The lowest BCUT2D eigenvalue weighted by Gasteiger charge is -2.33. The number of likely N-dealkylation sites (tertiary alicyclic amines) is 1. The molecule has 1 aliphatic heterocycles. The second-order valence-corrected chi connectivity index (χ2v) is 8.97. The van der Waals surface area contributed by atoms with Crippen LogP contribution < -0.4 is 0 Å². The van der Waals surface area contributed by atoms with E-state index in [1.165, 1.54) is 17.0 Å². The number of carbonyl (C=O) groups is 1. The van der Waals surface area contributed by atoms with Crippen molar-refractivity contribution in [3.63, 3.8) is 0 Å². The maximum atomic E-state index is 12.5. The Morgan fingerprint density at radius 3 is 2.35 bits per heavy atom. The van der Waals surface area contributed by atoms with Gasteiger partial charge >= 0.3 is 6.09 Å². The SMILES string of the molecule is CC(C)(C)OC(=O)N1CCC(S(=O)(=O)c2ccc(Cl)nn2)CC1. The maximum absolute atomic E-state index is 12.5. The smallest absolute Gasteiger partial charge is 0.410 e. The summed E-state index contributed by atoms with van der Waals surface area (Å²) >= 11 is 5.63. The van der Waals surface area contributed by atoms with E-state index in [-0.39, 0.29) is 10.2 Å². The first kappa shape index (κ1) is 17.9. The molecule has 7 nitrogen and oxygen atoms in total. The van der Waals surface area contributed by atoms with E-state index in [4.69, 9.17) is 16.3 Å². The number of carbonyl (C=O) groups excluding carboxylic acids is 1. The van der Waals surface area contributed by atoms with Crippen LogP contribution in [0, 0.1) is 0 Å². The van der Waals surface area contributed by atoms with E-state index < -0.39 is 26.8 Å². The van der Waals surface area contributed by atoms with E-state index in [0.29, 0.717) is 25.9 Å². The first-order valence-corrected chi connectivity index (χ1v) is 9.23. The highest BCUT2D eigenvalue weighted by molar-refractivity contribution is 7.92. The Hall–Kier alpha value is -1.41. The number of ether oxygens (including phenoxy) is 1. The van der Waals surface area contributed by atoms with Crippen LogP contribution in [0.3, 0.4) is 0 Å². The second-order valence-electron chi connectivity index (χ2n) is 6.41. The Balaban J connectivity index is 2.01. The van der Waals surface area contributed by atoms with Gasteiger partial charge in [0.15, 0.2) is 20.0 Å². The summed E-state index contributed by atoms with van der Waals surface area (Å²) in [5.41, 5.74) is -0.571. The summed E-state index contributed by atoms with van der Waals surface area (Å²) in [6, 6.07) is 2.75. The normalized spacial score (nSPS) is 17.1. The Labute approximate surface area is 140 Å². The molecular formula is C14H20ClN3O4S. The average Bonchev–Trinajstić information content (AvgIpc) is 2.46. The van der Waals surface area contributed by atoms with Crippen molar-refractivity contribution in [1.82, 2.24) is 15.1 Å². The monoisotopic (exact) mass is 361 g/mol. The quantitative estimate of drug-likeness (QED) is 0.802. The van der Waals surface area contributed by atoms with Crippen LogP contribution in [0.5, 0.6) is 0 Å². The zero-order valence-corrected chi connectivity index (χ0v) is 14.9. The van der Waals surface area contributed by atoms with Crippen molar-refractivity contribution in [3.05, 3.63) is 17.3 Å². The van der Waals surface area contributed by atoms with Crippen molar-refractivity contribution in [1.29, 1.82) is 0 Å². The minimum atomic E-state index is -3.57. The van der Waals surface area contributed by atoms with Gasteiger partial charge in [-0.3, -0.25) is 0 Å². The van der Waals surface area contributed by atoms with Gasteiger partial charge in [0.25, 0.3) is 0 Å². The molecule has 9 heteroatoms. The van der Waals surface area contributed by atoms with Crippen LogP contribution in [0.2, 0.25) is 5.15 Å². The van der Waals surface area contributed by atoms with Crippen molar-refractivity contribution in [2.24, 2.45) is 0 Å². The fourth-order valence-corrected chi connectivity index (χ4v) is 3.99. The highest BCUT2D eigenvalue weighted by atomic mass is 35.5. The van der Waals surface area contributed by atoms with Crippen molar-refractivity contribution < 1.29 is 17.9 Å². The molecule has 0 N–H and O–H groups in total. The van der Waals surface area contributed by atoms with E-state index in [1.54, 1.807) is 20.8 Å². The van der Waals surface area contributed by atoms with Gasteiger partial charge in [-0.15, -0.1) is 10.2 Å². The Kier molecular flexibility index (Phi) is 5.15. The minimum Gasteiger partial charge on any atom is -0.444 e. The topological polar surface area (TPSA) is 89.5 Å². The summed E-state index contributed by atoms with van der Waals surface area (Å²) in [5, 5.41) is 6.70. The van der Waals surface area contributed by atoms with Crippen LogP contribution in [-0.2, 0) is 14.6 Å². The fraction of sp³-hybridized carbons (Fsp3) is 0.643. The minimum absolute atomic E-state index is 0.0855. The molecule has 0 radical (unpaired) electrons. The number of piperidine rings is 1. The summed E-state index contributed by atoms with van der Waals surface area (Å²) < 4.78 is 30.3. The molecule has 0 bridgehead atoms. The zero-order valence-electron chi connectivity index (χ0n) is 13.3. The molecule has 0 saturated carbocycles. The number of hydrogen-bond donors (Lipinski definition) is 0. The molecule has 0 unspecified atom stereocenters. The predicted octanol–water partition coefficient (Wildman–Crippen LogP) is 2.30. The van der Waals surface area contributed by atoms with Gasteiger partial charge in [-0.05, 0) is 45.7 Å². The van der Waals surface area contributed by atoms with Gasteiger partial charge in [0.2, 0.25) is 0 Å². The molecular weight excluding hydrogens is 342 g/mol. The van der Waals surface area contributed by atoms with Gasteiger partial charge < -0.3 is 9.64 Å². The van der Waals surface area contributed by atoms with Gasteiger partial charge in [-0.25, -0.2) is 13.2 Å². The van der Waals surface area contributed by atoms with Crippen molar-refractivity contribution >= 4 is 27.5 Å². The summed E-state index contributed by atoms with van der Waals surface area (Å²) in [6.07, 6.45) is 0.261. The number of hydrogen-bond acceptors (Lipinski definition) is 6. The summed E-state index contributed by atoms with van der Waals surface area (Å²) in [6.45, 7) is 6.05. The van der Waals surface area contributed by atoms with Gasteiger partial charge in [0, 0.05) is 13.1 Å². The lowest BCUT2D eigenvalue weighted by molar-refractivity contribution is 0.0217. The molecule has 0 aliphatic carbocycles. The number of rotatable bonds is 2. The third-order valence-electron chi connectivity index (χ3n) is 3.43. The molecule has 23 heavy (non-hydrogen) atoms. The van der Waals surface area contributed by atoms with Crippen molar-refractivity contribution in [2.75, 3.05) is 13.1 Å². The van der Waals surface area contributed by atoms with E-state index in [1.807, 2.05) is 0 Å². The van der Waals surface area contributed by atoms with Gasteiger partial charge in [-0.2, -0.15) is 0 Å². The summed E-state index contributed by atoms with van der Waals surface area (Å²) in [4.78, 5) is 13.5. The standard InChI is InChI=1S/C14H20ClN3O4S/c1-14(2,3)22-13(19)18-8-6-10(7-9-18)23(20,21)12-5-4-11(15)16-17-12/h4-5,10H,6-9H2,1-3H3. The molecule has 0 aromatic carbocycles. The average molecular weight is 362 g/mol. The lowest BCUT2D eigenvalue weighted by Crippen LogP contribution is -2.44. The molecule has 0 atom stereocenters. The molecule has 1 aromatic rings. The lowest BCUT2D eigenvalue weighted by atomic mass is 10.1. The van der Waals surface area contributed by atoms with Gasteiger partial charge in [-0.1, -0.05) is 11.6 Å². The maximum Gasteiger partial charge on any atom is 0.410 e. The van der Waals surface area contributed by atoms with Crippen LogP contribution in [0.4, 0.5) is 4.79 Å². The zero-order chi connectivity index (χ0) is 17.3. The number of amides is 1. The van der Waals surface area contributed by atoms with Crippen molar-refractivity contribution in [2.45, 2.75) is 49.5 Å². The number of sulfone groups is 1. The number of aromatic nitrogens is 2. The van der Waals surface area contributed by atoms with Crippen LogP contribution in [0.25, 0.3) is 0 Å². The van der Waals surface area contributed by atoms with Crippen molar-refractivity contribution in [3.8, 4) is 0 Å². The number of halogens is 1. The highest BCUT2D eigenvalue weighted by Gasteiger charge is 2.35. The van der Waals surface area contributed by atoms with Gasteiger partial charge in [0.05, 0.1) is 5.25 Å². The molecule has 2 rings (SSSR count). The van der Waals surface area contributed by atoms with E-state index in [9.17, 15) is 13.2 Å². The van der Waals surface area contributed by atoms with Crippen LogP contribution in [0.1, 0.15) is 33.6 Å². The van der Waals surface area contributed by atoms with Crippen LogP contribution in [-0.4, -0.2) is 53.5 Å². The second kappa shape index (κ2) is 6.60. The summed E-state index contributed by atoms with van der Waals surface area (Å²) in [7, 11) is -3.57. The third kappa shape index (κ3) is 4.54. The Bertz CT molecular complexity index is 662. The molecule has 0 spiro atoms. The fourth-order valence-electron chi connectivity index (χ4n) is 2.30. The largest absolute Gasteiger partial charge is 0.444 e. The van der Waals surface area contributed by atoms with Crippen LogP contribution in [0.15, 0.2) is 17.2 Å². The third-order valence-corrected chi connectivity index (χ3v) is 5.78. The van der Waals surface area contributed by atoms with E-state index in [0.717, 1.165) is 0 Å². The molecule has 1 aromatic heterocycles. The highest BCUT2D eigenvalue weighted by Crippen LogP contribution is 2.24. The molecule has 128 valence electrons. The molecule has 1 aliphatic rings. The number of nitrogens with zero attached hydrogens (tertiary/aromatic N) is 3. The van der Waals surface area contributed by atoms with Crippen LogP contribution >= 0.6 is 11.6 Å². The first-order valence-electron chi connectivity index (χ1n) is 7.30.